The van der Waals surface area contributed by atoms with Crippen LogP contribution in [0.25, 0.3) is 0 Å². The number of methoxy groups -OCH3 is 1. The van der Waals surface area contributed by atoms with Crippen LogP contribution in [0.15, 0.2) is 78.9 Å². The van der Waals surface area contributed by atoms with Crippen LogP contribution in [-0.2, 0) is 14.3 Å². The number of hydrogen-bond donors (Lipinski definition) is 1. The van der Waals surface area contributed by atoms with Gasteiger partial charge < -0.3 is 29.3 Å². The normalized spacial score (nSPS) is 21.3. The molecule has 3 saturated heterocycles. The van der Waals surface area contributed by atoms with Crippen molar-refractivity contribution in [3.8, 4) is 17.6 Å². The van der Waals surface area contributed by atoms with Gasteiger partial charge in [-0.05, 0) is 73.5 Å². The van der Waals surface area contributed by atoms with E-state index in [1.807, 2.05) is 64.4 Å². The molecular formula is C38H44N4O5. The summed E-state index contributed by atoms with van der Waals surface area (Å²) in [6.45, 7) is 5.69. The van der Waals surface area contributed by atoms with Gasteiger partial charge in [0, 0.05) is 61.0 Å². The predicted octanol–water partition coefficient (Wildman–Crippen LogP) is 4.82. The lowest BCUT2D eigenvalue weighted by atomic mass is 9.74. The van der Waals surface area contributed by atoms with Crippen molar-refractivity contribution >= 4 is 17.6 Å². The molecule has 0 aliphatic carbocycles. The minimum Gasteiger partial charge on any atom is -0.497 e. The molecule has 246 valence electrons. The number of amides is 3. The van der Waals surface area contributed by atoms with Crippen molar-refractivity contribution in [3.05, 3.63) is 95.6 Å². The lowest BCUT2D eigenvalue weighted by molar-refractivity contribution is -0.137. The highest BCUT2D eigenvalue weighted by Crippen LogP contribution is 2.42. The van der Waals surface area contributed by atoms with Gasteiger partial charge in [-0.2, -0.15) is 0 Å². The summed E-state index contributed by atoms with van der Waals surface area (Å²) in [4.78, 5) is 32.5. The molecule has 9 nitrogen and oxygen atoms in total. The summed E-state index contributed by atoms with van der Waals surface area (Å²) in [5.41, 5.74) is 3.90. The third-order valence-electron chi connectivity index (χ3n) is 9.34. The molecule has 9 heteroatoms. The zero-order valence-electron chi connectivity index (χ0n) is 27.1. The minimum absolute atomic E-state index is 0.0939. The molecule has 3 amide bonds. The van der Waals surface area contributed by atoms with E-state index in [2.05, 4.69) is 46.3 Å². The smallest absolute Gasteiger partial charge is 0.321 e. The summed E-state index contributed by atoms with van der Waals surface area (Å²) in [6.07, 6.45) is 2.30. The SMILES string of the molecule is COc1ccc(NC(=O)N2CCCCN3[C@H](COCCC(=O)N4CCOCC4)C(c4ccc(C#Cc5ccccc5)cc4)[C@@H]3C2)cc1. The summed E-state index contributed by atoms with van der Waals surface area (Å²) < 4.78 is 16.9. The van der Waals surface area contributed by atoms with Gasteiger partial charge in [0.15, 0.2) is 0 Å². The van der Waals surface area contributed by atoms with Crippen LogP contribution >= 0.6 is 0 Å². The summed E-state index contributed by atoms with van der Waals surface area (Å²) >= 11 is 0. The molecule has 0 saturated carbocycles. The van der Waals surface area contributed by atoms with Crippen LogP contribution < -0.4 is 10.1 Å². The van der Waals surface area contributed by atoms with Crippen molar-refractivity contribution < 1.29 is 23.8 Å². The Morgan fingerprint density at radius 1 is 0.851 bits per heavy atom. The van der Waals surface area contributed by atoms with Crippen LogP contribution in [0.2, 0.25) is 0 Å². The van der Waals surface area contributed by atoms with E-state index in [1.165, 1.54) is 5.56 Å². The molecule has 6 rings (SSSR count). The molecule has 47 heavy (non-hydrogen) atoms. The Morgan fingerprint density at radius 2 is 1.55 bits per heavy atom. The maximum atomic E-state index is 13.5. The lowest BCUT2D eigenvalue weighted by Gasteiger charge is -2.57. The Balaban J connectivity index is 1.15. The molecule has 1 N–H and O–H groups in total. The van der Waals surface area contributed by atoms with E-state index in [0.717, 1.165) is 42.0 Å². The Morgan fingerprint density at radius 3 is 2.28 bits per heavy atom. The van der Waals surface area contributed by atoms with Crippen molar-refractivity contribution in [3.63, 3.8) is 0 Å². The Hall–Kier alpha value is -4.36. The van der Waals surface area contributed by atoms with Crippen LogP contribution in [0.5, 0.6) is 5.75 Å². The fourth-order valence-electron chi connectivity index (χ4n) is 6.77. The van der Waals surface area contributed by atoms with Crippen molar-refractivity contribution in [1.29, 1.82) is 0 Å². The Labute approximate surface area is 277 Å². The van der Waals surface area contributed by atoms with Crippen LogP contribution in [0.4, 0.5) is 10.5 Å². The zero-order valence-corrected chi connectivity index (χ0v) is 27.1. The van der Waals surface area contributed by atoms with Gasteiger partial charge in [-0.1, -0.05) is 42.2 Å². The average Bonchev–Trinajstić information content (AvgIpc) is 3.11. The van der Waals surface area contributed by atoms with Gasteiger partial charge in [0.25, 0.3) is 0 Å². The molecule has 3 heterocycles. The van der Waals surface area contributed by atoms with Gasteiger partial charge in [-0.15, -0.1) is 0 Å². The molecule has 1 unspecified atom stereocenters. The van der Waals surface area contributed by atoms with E-state index < -0.39 is 0 Å². The van der Waals surface area contributed by atoms with E-state index in [-0.39, 0.29) is 29.9 Å². The summed E-state index contributed by atoms with van der Waals surface area (Å²) in [7, 11) is 1.63. The first-order valence-corrected chi connectivity index (χ1v) is 16.6. The van der Waals surface area contributed by atoms with Gasteiger partial charge in [0.1, 0.15) is 5.75 Å². The quantitative estimate of drug-likeness (QED) is 0.282. The number of rotatable bonds is 8. The van der Waals surface area contributed by atoms with Crippen molar-refractivity contribution in [2.24, 2.45) is 0 Å². The predicted molar refractivity (Wildman–Crippen MR) is 182 cm³/mol. The monoisotopic (exact) mass is 636 g/mol. The topological polar surface area (TPSA) is 83.6 Å². The lowest BCUT2D eigenvalue weighted by Crippen LogP contribution is -2.68. The van der Waals surface area contributed by atoms with E-state index in [0.29, 0.717) is 59.0 Å². The van der Waals surface area contributed by atoms with E-state index >= 15 is 0 Å². The number of carbonyl (C=O) groups excluding carboxylic acids is 2. The molecule has 3 aromatic rings. The number of nitrogens with zero attached hydrogens (tertiary/aromatic N) is 3. The Bertz CT molecular complexity index is 1530. The second kappa shape index (κ2) is 16.0. The van der Waals surface area contributed by atoms with E-state index in [1.54, 1.807) is 7.11 Å². The molecule has 3 fully saturated rings. The van der Waals surface area contributed by atoms with Gasteiger partial charge >= 0.3 is 6.03 Å². The first-order chi connectivity index (χ1) is 23.1. The summed E-state index contributed by atoms with van der Waals surface area (Å²) in [5.74, 6) is 7.57. The van der Waals surface area contributed by atoms with Crippen LogP contribution in [0.1, 0.15) is 41.9 Å². The number of ether oxygens (including phenoxy) is 3. The van der Waals surface area contributed by atoms with Crippen LogP contribution in [0, 0.1) is 11.8 Å². The summed E-state index contributed by atoms with van der Waals surface area (Å²) in [6, 6.07) is 26.1. The first-order valence-electron chi connectivity index (χ1n) is 16.6. The summed E-state index contributed by atoms with van der Waals surface area (Å²) in [5, 5.41) is 3.08. The minimum atomic E-state index is -0.0939. The second-order valence-corrected chi connectivity index (χ2v) is 12.3. The standard InChI is InChI=1S/C38H44N4O5/c1-45-33-17-15-32(16-18-33)39-38(44)41-20-5-6-21-42-34(27-41)37(35(42)28-47-24-19-36(43)40-22-25-46-26-23-40)31-13-11-30(12-14-31)10-9-29-7-3-2-4-8-29/h2-4,7-8,11-18,34-35,37H,5-6,19-28H2,1H3,(H,39,44)/t34-,35+,37?/m0/s1. The van der Waals surface area contributed by atoms with Gasteiger partial charge in [0.05, 0.1) is 40.0 Å². The molecule has 3 atom stereocenters. The highest BCUT2D eigenvalue weighted by atomic mass is 16.5. The number of carbonyl (C=O) groups is 2. The average molecular weight is 637 g/mol. The van der Waals surface area contributed by atoms with Crippen molar-refractivity contribution in [2.75, 3.05) is 71.6 Å². The molecule has 3 aromatic carbocycles. The molecule has 0 bridgehead atoms. The van der Waals surface area contributed by atoms with E-state index in [9.17, 15) is 9.59 Å². The number of hydrogen-bond acceptors (Lipinski definition) is 6. The van der Waals surface area contributed by atoms with Crippen molar-refractivity contribution in [1.82, 2.24) is 14.7 Å². The zero-order chi connectivity index (χ0) is 32.4. The maximum Gasteiger partial charge on any atom is 0.321 e. The fraction of sp³-hybridized carbons (Fsp3) is 0.421. The number of benzene rings is 3. The number of urea groups is 1. The number of anilines is 1. The number of nitrogens with one attached hydrogen (secondary N) is 1. The first kappa shape index (κ1) is 32.6. The van der Waals surface area contributed by atoms with Crippen LogP contribution in [-0.4, -0.2) is 105 Å². The third kappa shape index (κ3) is 8.33. The van der Waals surface area contributed by atoms with Gasteiger partial charge in [-0.25, -0.2) is 4.79 Å². The number of morpholine rings is 1. The largest absolute Gasteiger partial charge is 0.497 e. The van der Waals surface area contributed by atoms with E-state index in [4.69, 9.17) is 14.2 Å². The highest BCUT2D eigenvalue weighted by molar-refractivity contribution is 5.89. The van der Waals surface area contributed by atoms with Gasteiger partial charge in [0.2, 0.25) is 5.91 Å². The molecule has 3 aliphatic rings. The molecule has 0 spiro atoms. The van der Waals surface area contributed by atoms with Crippen molar-refractivity contribution in [2.45, 2.75) is 37.3 Å². The second-order valence-electron chi connectivity index (χ2n) is 12.3. The highest BCUT2D eigenvalue weighted by Gasteiger charge is 2.50. The molecule has 3 aliphatic heterocycles. The number of fused-ring (bicyclic) bond motifs is 1. The maximum absolute atomic E-state index is 13.5. The fourth-order valence-corrected chi connectivity index (χ4v) is 6.77. The van der Waals surface area contributed by atoms with Crippen LogP contribution in [0.3, 0.4) is 0 Å². The third-order valence-corrected chi connectivity index (χ3v) is 9.34. The van der Waals surface area contributed by atoms with Gasteiger partial charge in [-0.3, -0.25) is 9.69 Å². The Kier molecular flexibility index (Phi) is 11.1. The molecule has 0 radical (unpaired) electrons. The molecule has 0 aromatic heterocycles. The molecular weight excluding hydrogens is 592 g/mol.